The summed E-state index contributed by atoms with van der Waals surface area (Å²) >= 11 is 0. The smallest absolute Gasteiger partial charge is 0.307 e. The van der Waals surface area contributed by atoms with E-state index in [1.54, 1.807) is 7.11 Å². The first-order chi connectivity index (χ1) is 13.6. The van der Waals surface area contributed by atoms with Crippen molar-refractivity contribution in [3.8, 4) is 28.5 Å². The van der Waals surface area contributed by atoms with E-state index in [9.17, 15) is 9.90 Å². The Kier molecular flexibility index (Phi) is 4.72. The summed E-state index contributed by atoms with van der Waals surface area (Å²) in [7, 11) is 1.61. The number of hydrogen-bond donors (Lipinski definition) is 2. The van der Waals surface area contributed by atoms with E-state index < -0.39 is 5.97 Å². The molecule has 4 rings (SSSR count). The zero-order valence-corrected chi connectivity index (χ0v) is 15.3. The first-order valence-corrected chi connectivity index (χ1v) is 8.88. The number of ether oxygens (including phenoxy) is 2. The number of benzene rings is 3. The predicted octanol–water partition coefficient (Wildman–Crippen LogP) is 5.26. The third-order valence-electron chi connectivity index (χ3n) is 4.54. The molecule has 0 saturated heterocycles. The molecule has 0 radical (unpaired) electrons. The monoisotopic (exact) mass is 373 g/mol. The fourth-order valence-corrected chi connectivity index (χ4v) is 3.27. The second-order valence-corrected chi connectivity index (χ2v) is 6.40. The van der Waals surface area contributed by atoms with Crippen molar-refractivity contribution in [3.63, 3.8) is 0 Å². The number of H-pyrrole nitrogens is 1. The Morgan fingerprint density at radius 2 is 1.71 bits per heavy atom. The molecular weight excluding hydrogens is 354 g/mol. The van der Waals surface area contributed by atoms with Gasteiger partial charge in [-0.3, -0.25) is 4.79 Å². The Morgan fingerprint density at radius 3 is 2.46 bits per heavy atom. The molecule has 0 spiro atoms. The first-order valence-electron chi connectivity index (χ1n) is 8.88. The summed E-state index contributed by atoms with van der Waals surface area (Å²) in [4.78, 5) is 14.9. The second kappa shape index (κ2) is 7.48. The lowest BCUT2D eigenvalue weighted by Crippen LogP contribution is -2.01. The van der Waals surface area contributed by atoms with Crippen molar-refractivity contribution in [3.05, 3.63) is 78.4 Å². The van der Waals surface area contributed by atoms with Crippen molar-refractivity contribution in [2.75, 3.05) is 7.11 Å². The van der Waals surface area contributed by atoms with Crippen molar-refractivity contribution < 1.29 is 19.4 Å². The molecular formula is C23H19NO4. The van der Waals surface area contributed by atoms with Crippen LogP contribution in [-0.4, -0.2) is 23.2 Å². The molecule has 4 aromatic rings. The lowest BCUT2D eigenvalue weighted by atomic mass is 10.0. The topological polar surface area (TPSA) is 71.5 Å². The average Bonchev–Trinajstić information content (AvgIpc) is 3.06. The van der Waals surface area contributed by atoms with Crippen LogP contribution in [-0.2, 0) is 11.2 Å². The molecule has 2 N–H and O–H groups in total. The zero-order valence-electron chi connectivity index (χ0n) is 15.3. The van der Waals surface area contributed by atoms with Crippen molar-refractivity contribution in [2.45, 2.75) is 6.42 Å². The van der Waals surface area contributed by atoms with Crippen LogP contribution in [0.2, 0.25) is 0 Å². The maximum Gasteiger partial charge on any atom is 0.307 e. The Hall–Kier alpha value is -3.73. The minimum atomic E-state index is -0.889. The van der Waals surface area contributed by atoms with Gasteiger partial charge in [-0.1, -0.05) is 30.3 Å². The van der Waals surface area contributed by atoms with Gasteiger partial charge in [0.05, 0.1) is 19.2 Å². The minimum absolute atomic E-state index is 0.0959. The van der Waals surface area contributed by atoms with Gasteiger partial charge in [0.25, 0.3) is 0 Å². The summed E-state index contributed by atoms with van der Waals surface area (Å²) in [5.41, 5.74) is 3.22. The predicted molar refractivity (Wildman–Crippen MR) is 108 cm³/mol. The van der Waals surface area contributed by atoms with E-state index in [1.165, 1.54) is 0 Å². The molecule has 0 aliphatic heterocycles. The van der Waals surface area contributed by atoms with Crippen molar-refractivity contribution >= 4 is 16.9 Å². The lowest BCUT2D eigenvalue weighted by Gasteiger charge is -2.07. The zero-order chi connectivity index (χ0) is 19.5. The average molecular weight is 373 g/mol. The maximum absolute atomic E-state index is 11.5. The third-order valence-corrected chi connectivity index (χ3v) is 4.54. The summed E-state index contributed by atoms with van der Waals surface area (Å²) in [5, 5.41) is 10.3. The Balaban J connectivity index is 1.82. The quantitative estimate of drug-likeness (QED) is 0.483. The highest BCUT2D eigenvalue weighted by Crippen LogP contribution is 2.35. The van der Waals surface area contributed by atoms with Gasteiger partial charge in [-0.25, -0.2) is 0 Å². The number of rotatable bonds is 6. The molecule has 0 unspecified atom stereocenters. The number of fused-ring (bicyclic) bond motifs is 1. The molecule has 28 heavy (non-hydrogen) atoms. The number of carboxylic acid groups (broad SMARTS) is 1. The molecule has 0 atom stereocenters. The number of carboxylic acids is 1. The van der Waals surface area contributed by atoms with Gasteiger partial charge in [0, 0.05) is 16.5 Å². The van der Waals surface area contributed by atoms with Gasteiger partial charge in [0.2, 0.25) is 0 Å². The fraction of sp³-hybridized carbons (Fsp3) is 0.0870. The number of carbonyl (C=O) groups is 1. The highest BCUT2D eigenvalue weighted by Gasteiger charge is 2.17. The SMILES string of the molecule is COc1cccc(-c2[nH]c3ccc(Oc4ccccc4)cc3c2CC(=O)O)c1. The van der Waals surface area contributed by atoms with Crippen LogP contribution in [0.4, 0.5) is 0 Å². The van der Waals surface area contributed by atoms with Crippen LogP contribution in [0.1, 0.15) is 5.56 Å². The molecule has 0 fully saturated rings. The van der Waals surface area contributed by atoms with E-state index in [1.807, 2.05) is 72.8 Å². The molecule has 0 aliphatic carbocycles. The van der Waals surface area contributed by atoms with Gasteiger partial charge in [-0.15, -0.1) is 0 Å². The molecule has 1 heterocycles. The number of aromatic amines is 1. The van der Waals surface area contributed by atoms with E-state index in [4.69, 9.17) is 9.47 Å². The number of methoxy groups -OCH3 is 1. The van der Waals surface area contributed by atoms with Gasteiger partial charge in [-0.05, 0) is 48.0 Å². The Labute approximate surface area is 162 Å². The Bertz CT molecular complexity index is 1130. The summed E-state index contributed by atoms with van der Waals surface area (Å²) in [5.74, 6) is 1.21. The van der Waals surface area contributed by atoms with Crippen LogP contribution in [0.25, 0.3) is 22.2 Å². The van der Waals surface area contributed by atoms with Crippen LogP contribution in [0.15, 0.2) is 72.8 Å². The molecule has 0 bridgehead atoms. The van der Waals surface area contributed by atoms with Gasteiger partial charge in [-0.2, -0.15) is 0 Å². The second-order valence-electron chi connectivity index (χ2n) is 6.40. The van der Waals surface area contributed by atoms with Crippen molar-refractivity contribution in [1.82, 2.24) is 4.98 Å². The third kappa shape index (κ3) is 3.55. The minimum Gasteiger partial charge on any atom is -0.497 e. The number of hydrogen-bond acceptors (Lipinski definition) is 3. The molecule has 0 amide bonds. The van der Waals surface area contributed by atoms with Gasteiger partial charge < -0.3 is 19.6 Å². The van der Waals surface area contributed by atoms with Crippen LogP contribution < -0.4 is 9.47 Å². The summed E-state index contributed by atoms with van der Waals surface area (Å²) < 4.78 is 11.2. The van der Waals surface area contributed by atoms with Gasteiger partial charge >= 0.3 is 5.97 Å². The lowest BCUT2D eigenvalue weighted by molar-refractivity contribution is -0.136. The van der Waals surface area contributed by atoms with Crippen LogP contribution in [0, 0.1) is 0 Å². The highest BCUT2D eigenvalue weighted by molar-refractivity contribution is 5.94. The molecule has 1 aromatic heterocycles. The van der Waals surface area contributed by atoms with E-state index in [-0.39, 0.29) is 6.42 Å². The van der Waals surface area contributed by atoms with E-state index in [0.717, 1.165) is 27.9 Å². The molecule has 0 aliphatic rings. The normalized spacial score (nSPS) is 10.8. The fourth-order valence-electron chi connectivity index (χ4n) is 3.27. The summed E-state index contributed by atoms with van der Waals surface area (Å²) in [6.07, 6.45) is -0.0959. The maximum atomic E-state index is 11.5. The van der Waals surface area contributed by atoms with Crippen molar-refractivity contribution in [2.24, 2.45) is 0 Å². The van der Waals surface area contributed by atoms with E-state index in [0.29, 0.717) is 17.1 Å². The summed E-state index contributed by atoms with van der Waals surface area (Å²) in [6, 6.07) is 22.7. The number of para-hydroxylation sites is 1. The van der Waals surface area contributed by atoms with Crippen LogP contribution >= 0.6 is 0 Å². The van der Waals surface area contributed by atoms with Gasteiger partial charge in [0.1, 0.15) is 17.2 Å². The van der Waals surface area contributed by atoms with E-state index >= 15 is 0 Å². The molecule has 3 aromatic carbocycles. The first kappa shape index (κ1) is 17.7. The molecule has 0 saturated carbocycles. The van der Waals surface area contributed by atoms with Crippen LogP contribution in [0.3, 0.4) is 0 Å². The molecule has 140 valence electrons. The standard InChI is InChI=1S/C23H19NO4/c1-27-17-9-5-6-15(12-17)23-20(14-22(25)26)19-13-18(10-11-21(19)24-23)28-16-7-3-2-4-8-16/h2-13,24H,14H2,1H3,(H,25,26). The Morgan fingerprint density at radius 1 is 0.929 bits per heavy atom. The number of aliphatic carboxylic acids is 1. The highest BCUT2D eigenvalue weighted by atomic mass is 16.5. The van der Waals surface area contributed by atoms with Gasteiger partial charge in [0.15, 0.2) is 0 Å². The molecule has 5 nitrogen and oxygen atoms in total. The van der Waals surface area contributed by atoms with Crippen LogP contribution in [0.5, 0.6) is 17.2 Å². The van der Waals surface area contributed by atoms with Crippen molar-refractivity contribution in [1.29, 1.82) is 0 Å². The number of nitrogens with one attached hydrogen (secondary N) is 1. The number of aromatic nitrogens is 1. The largest absolute Gasteiger partial charge is 0.497 e. The summed E-state index contributed by atoms with van der Waals surface area (Å²) in [6.45, 7) is 0. The van der Waals surface area contributed by atoms with E-state index in [2.05, 4.69) is 4.98 Å². The molecule has 5 heteroatoms.